The van der Waals surface area contributed by atoms with Crippen LogP contribution in [0.5, 0.6) is 0 Å². The molecule has 0 saturated carbocycles. The first-order valence-electron chi connectivity index (χ1n) is 6.53. The Bertz CT molecular complexity index is 470. The van der Waals surface area contributed by atoms with Crippen LogP contribution in [-0.2, 0) is 9.59 Å². The normalized spacial score (nSPS) is 12.3. The summed E-state index contributed by atoms with van der Waals surface area (Å²) in [7, 11) is 1.55. The van der Waals surface area contributed by atoms with Gasteiger partial charge >= 0.3 is 0 Å². The maximum absolute atomic E-state index is 12.0. The highest BCUT2D eigenvalue weighted by Crippen LogP contribution is 2.08. The number of likely N-dealkylation sites (N-methyl/N-ethyl adjacent to an activating group) is 1. The Morgan fingerprint density at radius 3 is 2.65 bits per heavy atom. The van der Waals surface area contributed by atoms with Gasteiger partial charge in [0.05, 0.1) is 12.6 Å². The van der Waals surface area contributed by atoms with Gasteiger partial charge in [0.2, 0.25) is 11.8 Å². The van der Waals surface area contributed by atoms with Crippen LogP contribution >= 0.6 is 0 Å². The molecule has 1 rings (SSSR count). The lowest BCUT2D eigenvalue weighted by Gasteiger charge is -2.21. The molecular weight excluding hydrogens is 260 g/mol. The number of amides is 2. The zero-order chi connectivity index (χ0) is 15.3. The number of nitrogens with zero attached hydrogens (tertiary/aromatic N) is 2. The Balaban J connectivity index is 2.46. The number of aryl methyl sites for hydroxylation is 1. The zero-order valence-electron chi connectivity index (χ0n) is 12.3. The van der Waals surface area contributed by atoms with E-state index in [1.807, 2.05) is 13.8 Å². The number of carbonyl (C=O) groups is 2. The summed E-state index contributed by atoms with van der Waals surface area (Å²) in [5.41, 5.74) is 5.80. The number of nitrogens with two attached hydrogens (primary N) is 1. The van der Waals surface area contributed by atoms with Crippen molar-refractivity contribution in [3.8, 4) is 0 Å². The minimum absolute atomic E-state index is 0.0729. The van der Waals surface area contributed by atoms with Crippen molar-refractivity contribution in [2.24, 2.45) is 11.7 Å². The molecule has 20 heavy (non-hydrogen) atoms. The van der Waals surface area contributed by atoms with E-state index in [2.05, 4.69) is 10.5 Å². The monoisotopic (exact) mass is 282 g/mol. The van der Waals surface area contributed by atoms with Crippen LogP contribution in [0.25, 0.3) is 0 Å². The third-order valence-corrected chi connectivity index (χ3v) is 2.69. The highest BCUT2D eigenvalue weighted by atomic mass is 16.5. The van der Waals surface area contributed by atoms with Gasteiger partial charge in [-0.05, 0) is 19.3 Å². The number of anilines is 1. The van der Waals surface area contributed by atoms with Crippen LogP contribution in [0.3, 0.4) is 0 Å². The van der Waals surface area contributed by atoms with Crippen LogP contribution in [0.1, 0.15) is 26.0 Å². The molecular formula is C13H22N4O3. The van der Waals surface area contributed by atoms with E-state index in [0.717, 1.165) is 0 Å². The summed E-state index contributed by atoms with van der Waals surface area (Å²) in [5, 5.41) is 6.20. The lowest BCUT2D eigenvalue weighted by molar-refractivity contribution is -0.134. The van der Waals surface area contributed by atoms with Crippen LogP contribution < -0.4 is 11.1 Å². The number of carbonyl (C=O) groups excluding carboxylic acids is 2. The van der Waals surface area contributed by atoms with Crippen molar-refractivity contribution in [3.63, 3.8) is 0 Å². The zero-order valence-corrected chi connectivity index (χ0v) is 12.3. The molecule has 1 aromatic heterocycles. The number of hydrogen-bond acceptors (Lipinski definition) is 5. The maximum atomic E-state index is 12.0. The summed E-state index contributed by atoms with van der Waals surface area (Å²) in [4.78, 5) is 25.0. The quantitative estimate of drug-likeness (QED) is 0.801. The molecule has 1 aromatic rings. The van der Waals surface area contributed by atoms with Gasteiger partial charge in [-0.1, -0.05) is 19.0 Å². The molecule has 7 heteroatoms. The topological polar surface area (TPSA) is 101 Å². The lowest BCUT2D eigenvalue weighted by atomic mass is 10.0. The molecule has 0 aliphatic carbocycles. The van der Waals surface area contributed by atoms with Gasteiger partial charge in [-0.2, -0.15) is 0 Å². The Morgan fingerprint density at radius 1 is 1.50 bits per heavy atom. The molecule has 1 unspecified atom stereocenters. The molecule has 0 aromatic carbocycles. The summed E-state index contributed by atoms with van der Waals surface area (Å²) in [6.45, 7) is 5.64. The van der Waals surface area contributed by atoms with Crippen molar-refractivity contribution in [2.75, 3.05) is 18.9 Å². The molecule has 1 heterocycles. The summed E-state index contributed by atoms with van der Waals surface area (Å²) in [6.07, 6.45) is 0.591. The fraction of sp³-hybridized carbons (Fsp3) is 0.615. The number of aromatic nitrogens is 1. The van der Waals surface area contributed by atoms with E-state index in [0.29, 0.717) is 23.9 Å². The number of rotatable bonds is 6. The van der Waals surface area contributed by atoms with E-state index >= 15 is 0 Å². The minimum atomic E-state index is -0.581. The van der Waals surface area contributed by atoms with Gasteiger partial charge in [0, 0.05) is 13.1 Å². The van der Waals surface area contributed by atoms with Crippen molar-refractivity contribution in [2.45, 2.75) is 33.2 Å². The average Bonchev–Trinajstić information content (AvgIpc) is 2.72. The third-order valence-electron chi connectivity index (χ3n) is 2.69. The van der Waals surface area contributed by atoms with Gasteiger partial charge in [-0.3, -0.25) is 9.59 Å². The first kappa shape index (κ1) is 16.2. The molecule has 112 valence electrons. The van der Waals surface area contributed by atoms with Gasteiger partial charge in [-0.15, -0.1) is 0 Å². The van der Waals surface area contributed by atoms with E-state index in [1.54, 1.807) is 20.0 Å². The van der Waals surface area contributed by atoms with Crippen LogP contribution in [-0.4, -0.2) is 41.5 Å². The van der Waals surface area contributed by atoms with E-state index in [9.17, 15) is 9.59 Å². The highest BCUT2D eigenvalue weighted by Gasteiger charge is 2.21. The van der Waals surface area contributed by atoms with Crippen molar-refractivity contribution in [3.05, 3.63) is 11.8 Å². The second-order valence-corrected chi connectivity index (χ2v) is 5.30. The molecule has 0 bridgehead atoms. The van der Waals surface area contributed by atoms with Crippen LogP contribution in [0, 0.1) is 12.8 Å². The number of hydrogen-bond donors (Lipinski definition) is 2. The fourth-order valence-electron chi connectivity index (χ4n) is 1.79. The fourth-order valence-corrected chi connectivity index (χ4v) is 1.79. The molecule has 3 N–H and O–H groups in total. The smallest absolute Gasteiger partial charge is 0.245 e. The van der Waals surface area contributed by atoms with Crippen LogP contribution in [0.2, 0.25) is 0 Å². The van der Waals surface area contributed by atoms with Gasteiger partial charge in [0.25, 0.3) is 0 Å². The summed E-state index contributed by atoms with van der Waals surface area (Å²) in [6, 6.07) is 1.02. The summed E-state index contributed by atoms with van der Waals surface area (Å²) < 4.78 is 4.83. The molecule has 1 atom stereocenters. The number of nitrogens with one attached hydrogen (secondary N) is 1. The van der Waals surface area contributed by atoms with Gasteiger partial charge in [0.15, 0.2) is 5.82 Å². The lowest BCUT2D eigenvalue weighted by Crippen LogP contribution is -2.45. The van der Waals surface area contributed by atoms with Crippen LogP contribution in [0.15, 0.2) is 10.6 Å². The first-order chi connectivity index (χ1) is 9.29. The maximum Gasteiger partial charge on any atom is 0.245 e. The van der Waals surface area contributed by atoms with Crippen molar-refractivity contribution >= 4 is 17.6 Å². The molecule has 2 amide bonds. The minimum Gasteiger partial charge on any atom is -0.360 e. The predicted octanol–water partition coefficient (Wildman–Crippen LogP) is 0.753. The summed E-state index contributed by atoms with van der Waals surface area (Å²) >= 11 is 0. The molecule has 0 aliphatic heterocycles. The van der Waals surface area contributed by atoms with Crippen molar-refractivity contribution in [1.82, 2.24) is 10.1 Å². The van der Waals surface area contributed by atoms with Gasteiger partial charge in [0.1, 0.15) is 5.76 Å². The van der Waals surface area contributed by atoms with E-state index in [1.165, 1.54) is 4.90 Å². The Labute approximate surface area is 118 Å². The summed E-state index contributed by atoms with van der Waals surface area (Å²) in [5.74, 6) is 0.675. The molecule has 0 radical (unpaired) electrons. The SMILES string of the molecule is Cc1cc(NC(=O)CN(C)C(=O)C(N)CC(C)C)no1. The molecule has 7 nitrogen and oxygen atoms in total. The third kappa shape index (κ3) is 5.00. The second kappa shape index (κ2) is 7.04. The Morgan fingerprint density at radius 2 is 2.15 bits per heavy atom. The standard InChI is InChI=1S/C13H22N4O3/c1-8(2)5-10(14)13(19)17(4)7-12(18)15-11-6-9(3)20-16-11/h6,8,10H,5,7,14H2,1-4H3,(H,15,16,18). The Kier molecular flexibility index (Phi) is 5.69. The second-order valence-electron chi connectivity index (χ2n) is 5.30. The molecule has 0 aliphatic rings. The Hall–Kier alpha value is -1.89. The van der Waals surface area contributed by atoms with E-state index < -0.39 is 6.04 Å². The van der Waals surface area contributed by atoms with E-state index in [-0.39, 0.29) is 18.4 Å². The molecule has 0 spiro atoms. The van der Waals surface area contributed by atoms with Crippen LogP contribution in [0.4, 0.5) is 5.82 Å². The largest absolute Gasteiger partial charge is 0.360 e. The van der Waals surface area contributed by atoms with Gasteiger partial charge < -0.3 is 20.5 Å². The molecule has 0 saturated heterocycles. The van der Waals surface area contributed by atoms with Gasteiger partial charge in [-0.25, -0.2) is 0 Å². The highest BCUT2D eigenvalue weighted by molar-refractivity contribution is 5.94. The molecule has 0 fully saturated rings. The predicted molar refractivity (Wildman–Crippen MR) is 74.9 cm³/mol. The van der Waals surface area contributed by atoms with E-state index in [4.69, 9.17) is 10.3 Å². The van der Waals surface area contributed by atoms with Crippen molar-refractivity contribution < 1.29 is 14.1 Å². The first-order valence-corrected chi connectivity index (χ1v) is 6.53. The van der Waals surface area contributed by atoms with Crippen molar-refractivity contribution in [1.29, 1.82) is 0 Å². The average molecular weight is 282 g/mol.